The van der Waals surface area contributed by atoms with Gasteiger partial charge in [-0.25, -0.2) is 4.79 Å². The molecule has 0 saturated carbocycles. The molecule has 3 saturated heterocycles. The molecule has 0 aromatic rings. The molecular weight excluding hydrogens is 1200 g/mol. The molecule has 93 heavy (non-hydrogen) atoms. The first-order chi connectivity index (χ1) is 44.9. The number of carbonyl (C=O) groups is 3. The molecule has 0 radical (unpaired) electrons. The van der Waals surface area contributed by atoms with Gasteiger partial charge in [0.25, 0.3) is 5.79 Å². The standard InChI is InChI=1S/C70H130N2O21/c1-4-6-8-10-12-14-15-16-17-18-19-20-21-22-23-24-25-26-27-28-29-30-31-32-33-34-36-38-40-42-44-57(80)72-51(52(77)43-41-39-37-35-13-11-9-7-5-2)49-88-67-62(84)61(83)64(56(48-75)90-67)91-68-63(85)66(60(82)55(47-74)89-68)93-70(69(86)87)45-53(78)58(71-50(3)76)65(92-70)59(81)54(79)46-73/h41,43,51-56,58-68,73-75,77-79,81-85H,4-40,42,44-49H2,1-3H3,(H,71,76)(H,72,80)(H,86,87)/b43-41+. The average Bonchev–Trinajstić information content (AvgIpc) is 0.762. The smallest absolute Gasteiger partial charge is 0.364 e. The van der Waals surface area contributed by atoms with Crippen molar-refractivity contribution in [2.75, 3.05) is 26.4 Å². The minimum atomic E-state index is -3.08. The first kappa shape index (κ1) is 84.7. The number of carboxylic acids is 1. The Morgan fingerprint density at radius 1 is 0.559 bits per heavy atom. The topological polar surface area (TPSA) is 373 Å². The number of amides is 2. The van der Waals surface area contributed by atoms with Crippen molar-refractivity contribution in [1.29, 1.82) is 0 Å². The molecule has 14 N–H and O–H groups in total. The third-order valence-electron chi connectivity index (χ3n) is 18.7. The SMILES string of the molecule is CCCCCCCCC/C=C/C(O)C(COC1OC(CO)C(OC2OC(CO)C(O)C(OC3(C(=O)O)CC(O)C(NC(C)=O)C(C(O)C(O)CO)O3)C2O)C(O)C1O)NC(=O)CCCCCCCCCCCCCCCCCCCCCCCCCCCCCCCC. The Kier molecular flexibility index (Phi) is 46.2. The lowest BCUT2D eigenvalue weighted by molar-refractivity contribution is -0.386. The molecule has 546 valence electrons. The Bertz CT molecular complexity index is 1930. The van der Waals surface area contributed by atoms with Gasteiger partial charge in [0.05, 0.1) is 50.7 Å². The van der Waals surface area contributed by atoms with Crippen molar-refractivity contribution in [1.82, 2.24) is 10.6 Å². The number of nitrogens with one attached hydrogen (secondary N) is 2. The lowest BCUT2D eigenvalue weighted by Gasteiger charge is -2.50. The molecule has 3 aliphatic heterocycles. The van der Waals surface area contributed by atoms with Crippen molar-refractivity contribution in [3.63, 3.8) is 0 Å². The van der Waals surface area contributed by atoms with E-state index in [-0.39, 0.29) is 12.3 Å². The second kappa shape index (κ2) is 50.7. The number of aliphatic hydroxyl groups is 11. The summed E-state index contributed by atoms with van der Waals surface area (Å²) < 4.78 is 34.7. The van der Waals surface area contributed by atoms with E-state index in [0.29, 0.717) is 12.8 Å². The molecule has 18 atom stereocenters. The van der Waals surface area contributed by atoms with Gasteiger partial charge in [0.1, 0.15) is 67.1 Å². The zero-order valence-electron chi connectivity index (χ0n) is 57.1. The molecule has 0 bridgehead atoms. The fourth-order valence-corrected chi connectivity index (χ4v) is 12.9. The van der Waals surface area contributed by atoms with E-state index in [0.717, 1.165) is 64.7 Å². The first-order valence-corrected chi connectivity index (χ1v) is 36.6. The summed E-state index contributed by atoms with van der Waals surface area (Å²) in [4.78, 5) is 38.5. The third kappa shape index (κ3) is 32.8. The van der Waals surface area contributed by atoms with Crippen LogP contribution in [0, 0.1) is 0 Å². The average molecular weight is 1340 g/mol. The van der Waals surface area contributed by atoms with Crippen LogP contribution in [-0.2, 0) is 42.8 Å². The molecule has 0 aromatic heterocycles. The maximum Gasteiger partial charge on any atom is 0.364 e. The van der Waals surface area contributed by atoms with Crippen LogP contribution in [0.25, 0.3) is 0 Å². The number of hydrogen-bond donors (Lipinski definition) is 14. The van der Waals surface area contributed by atoms with Gasteiger partial charge >= 0.3 is 5.97 Å². The van der Waals surface area contributed by atoms with Gasteiger partial charge in [-0.05, 0) is 19.3 Å². The summed E-state index contributed by atoms with van der Waals surface area (Å²) in [5, 5.41) is 136. The van der Waals surface area contributed by atoms with Crippen molar-refractivity contribution in [2.24, 2.45) is 0 Å². The zero-order chi connectivity index (χ0) is 68.2. The van der Waals surface area contributed by atoms with E-state index < -0.39 is 155 Å². The number of aliphatic carboxylic acids is 1. The zero-order valence-corrected chi connectivity index (χ0v) is 57.1. The maximum atomic E-state index is 13.4. The summed E-state index contributed by atoms with van der Waals surface area (Å²) in [6.45, 7) is 2.11. The Morgan fingerprint density at radius 3 is 1.43 bits per heavy atom. The highest BCUT2D eigenvalue weighted by molar-refractivity contribution is 5.77. The first-order valence-electron chi connectivity index (χ1n) is 36.6. The van der Waals surface area contributed by atoms with E-state index in [9.17, 15) is 75.7 Å². The van der Waals surface area contributed by atoms with Crippen LogP contribution in [0.3, 0.4) is 0 Å². The second-order valence-electron chi connectivity index (χ2n) is 26.8. The van der Waals surface area contributed by atoms with Crippen molar-refractivity contribution in [3.05, 3.63) is 12.2 Å². The molecule has 0 spiro atoms. The molecule has 0 aliphatic carbocycles. The van der Waals surface area contributed by atoms with Gasteiger partial charge in [-0.2, -0.15) is 0 Å². The van der Waals surface area contributed by atoms with Gasteiger partial charge in [-0.1, -0.05) is 251 Å². The van der Waals surface area contributed by atoms with Crippen molar-refractivity contribution < 1.29 is 104 Å². The summed E-state index contributed by atoms with van der Waals surface area (Å²) in [6, 6.07) is -2.61. The molecule has 2 amide bonds. The van der Waals surface area contributed by atoms with Gasteiger partial charge in [-0.3, -0.25) is 9.59 Å². The molecule has 0 aromatic carbocycles. The number of carbonyl (C=O) groups excluding carboxylic acids is 2. The third-order valence-corrected chi connectivity index (χ3v) is 18.7. The van der Waals surface area contributed by atoms with Crippen LogP contribution in [-0.4, -0.2) is 215 Å². The Balaban J connectivity index is 1.46. The molecule has 23 heteroatoms. The molecule has 18 unspecified atom stereocenters. The van der Waals surface area contributed by atoms with E-state index in [1.165, 1.54) is 173 Å². The molecular formula is C70H130N2O21. The van der Waals surface area contributed by atoms with Gasteiger partial charge in [-0.15, -0.1) is 0 Å². The lowest BCUT2D eigenvalue weighted by atomic mass is 9.88. The molecule has 3 fully saturated rings. The van der Waals surface area contributed by atoms with Gasteiger partial charge in [0.2, 0.25) is 11.8 Å². The van der Waals surface area contributed by atoms with Crippen LogP contribution < -0.4 is 10.6 Å². The highest BCUT2D eigenvalue weighted by Gasteiger charge is 2.60. The number of rotatable bonds is 56. The molecule has 23 nitrogen and oxygen atoms in total. The number of unbranched alkanes of at least 4 members (excludes halogenated alkanes) is 36. The molecule has 3 heterocycles. The van der Waals surface area contributed by atoms with Crippen LogP contribution in [0.1, 0.15) is 278 Å². The Morgan fingerprint density at radius 2 is 1.00 bits per heavy atom. The monoisotopic (exact) mass is 1330 g/mol. The minimum Gasteiger partial charge on any atom is -0.477 e. The summed E-state index contributed by atoms with van der Waals surface area (Å²) in [7, 11) is 0. The quantitative estimate of drug-likeness (QED) is 0.0207. The predicted octanol–water partition coefficient (Wildman–Crippen LogP) is 7.46. The van der Waals surface area contributed by atoms with E-state index >= 15 is 0 Å². The highest BCUT2D eigenvalue weighted by Crippen LogP contribution is 2.39. The predicted molar refractivity (Wildman–Crippen MR) is 352 cm³/mol. The van der Waals surface area contributed by atoms with E-state index in [1.54, 1.807) is 6.08 Å². The fourth-order valence-electron chi connectivity index (χ4n) is 12.9. The minimum absolute atomic E-state index is 0.205. The number of allylic oxidation sites excluding steroid dienone is 1. The number of ether oxygens (including phenoxy) is 6. The van der Waals surface area contributed by atoms with Gasteiger partial charge in [0, 0.05) is 19.8 Å². The number of aliphatic hydroxyl groups excluding tert-OH is 11. The fraction of sp³-hybridized carbons (Fsp3) is 0.929. The Hall–Kier alpha value is -2.53. The van der Waals surface area contributed by atoms with Crippen LogP contribution in [0.15, 0.2) is 12.2 Å². The van der Waals surface area contributed by atoms with Gasteiger partial charge < -0.3 is 100 Å². The second-order valence-corrected chi connectivity index (χ2v) is 26.8. The normalized spacial score (nSPS) is 28.1. The van der Waals surface area contributed by atoms with Crippen LogP contribution >= 0.6 is 0 Å². The highest BCUT2D eigenvalue weighted by atomic mass is 16.8. The van der Waals surface area contributed by atoms with Crippen LogP contribution in [0.2, 0.25) is 0 Å². The van der Waals surface area contributed by atoms with Crippen molar-refractivity contribution >= 4 is 17.8 Å². The largest absolute Gasteiger partial charge is 0.477 e. The Labute approximate surface area is 556 Å². The van der Waals surface area contributed by atoms with Gasteiger partial charge in [0.15, 0.2) is 12.6 Å². The van der Waals surface area contributed by atoms with E-state index in [1.807, 2.05) is 6.08 Å². The molecule has 3 rings (SSSR count). The number of hydrogen-bond acceptors (Lipinski definition) is 20. The molecule has 3 aliphatic rings. The summed E-state index contributed by atoms with van der Waals surface area (Å²) in [6.07, 6.45) is 21.7. The van der Waals surface area contributed by atoms with Crippen molar-refractivity contribution in [3.8, 4) is 0 Å². The van der Waals surface area contributed by atoms with E-state index in [4.69, 9.17) is 28.4 Å². The summed E-state index contributed by atoms with van der Waals surface area (Å²) in [5.41, 5.74) is 0. The maximum absolute atomic E-state index is 13.4. The van der Waals surface area contributed by atoms with Crippen LogP contribution in [0.4, 0.5) is 0 Å². The van der Waals surface area contributed by atoms with Crippen LogP contribution in [0.5, 0.6) is 0 Å². The summed E-state index contributed by atoms with van der Waals surface area (Å²) in [5.74, 6) is -6.14. The lowest BCUT2D eigenvalue weighted by Crippen LogP contribution is -2.70. The van der Waals surface area contributed by atoms with E-state index in [2.05, 4.69) is 24.5 Å². The number of carboxylic acid groups (broad SMARTS) is 1. The summed E-state index contributed by atoms with van der Waals surface area (Å²) >= 11 is 0. The van der Waals surface area contributed by atoms with Crippen molar-refractivity contribution in [2.45, 2.75) is 387 Å².